The average molecular weight is 155 g/mol. The van der Waals surface area contributed by atoms with Crippen LogP contribution in [0.1, 0.15) is 40.5 Å². The molecule has 0 radical (unpaired) electrons. The van der Waals surface area contributed by atoms with Gasteiger partial charge in [-0.25, -0.2) is 0 Å². The molecule has 0 aliphatic rings. The van der Waals surface area contributed by atoms with E-state index in [1.807, 2.05) is 0 Å². The SMILES string of the molecule is CCC=C(C)NCCC(C)C. The Morgan fingerprint density at radius 1 is 1.45 bits per heavy atom. The second-order valence-electron chi connectivity index (χ2n) is 3.40. The van der Waals surface area contributed by atoms with E-state index in [1.165, 1.54) is 12.1 Å². The molecule has 0 atom stereocenters. The molecule has 0 saturated carbocycles. The van der Waals surface area contributed by atoms with Gasteiger partial charge in [-0.05, 0) is 25.7 Å². The summed E-state index contributed by atoms with van der Waals surface area (Å²) in [7, 11) is 0. The minimum absolute atomic E-state index is 0.803. The van der Waals surface area contributed by atoms with E-state index >= 15 is 0 Å². The van der Waals surface area contributed by atoms with Crippen molar-refractivity contribution in [3.63, 3.8) is 0 Å². The smallest absolute Gasteiger partial charge is 0.0146 e. The molecule has 1 N–H and O–H groups in total. The largest absolute Gasteiger partial charge is 0.389 e. The highest BCUT2D eigenvalue weighted by molar-refractivity contribution is 4.94. The van der Waals surface area contributed by atoms with Crippen molar-refractivity contribution in [1.29, 1.82) is 0 Å². The Hall–Kier alpha value is -0.460. The van der Waals surface area contributed by atoms with Crippen LogP contribution in [0.2, 0.25) is 0 Å². The highest BCUT2D eigenvalue weighted by Gasteiger charge is 1.92. The van der Waals surface area contributed by atoms with Crippen molar-refractivity contribution in [2.24, 2.45) is 5.92 Å². The van der Waals surface area contributed by atoms with Crippen LogP contribution in [-0.2, 0) is 0 Å². The van der Waals surface area contributed by atoms with E-state index in [0.29, 0.717) is 0 Å². The van der Waals surface area contributed by atoms with Gasteiger partial charge in [-0.2, -0.15) is 0 Å². The minimum atomic E-state index is 0.803. The van der Waals surface area contributed by atoms with Gasteiger partial charge < -0.3 is 5.32 Å². The van der Waals surface area contributed by atoms with Crippen molar-refractivity contribution in [2.75, 3.05) is 6.54 Å². The van der Waals surface area contributed by atoms with Crippen LogP contribution in [0.15, 0.2) is 11.8 Å². The molecular formula is C10H21N. The van der Waals surface area contributed by atoms with Gasteiger partial charge in [-0.15, -0.1) is 0 Å². The molecule has 66 valence electrons. The molecule has 0 unspecified atom stereocenters. The summed E-state index contributed by atoms with van der Waals surface area (Å²) >= 11 is 0. The quantitative estimate of drug-likeness (QED) is 0.643. The van der Waals surface area contributed by atoms with Crippen LogP contribution in [0.4, 0.5) is 0 Å². The average Bonchev–Trinajstić information content (AvgIpc) is 1.87. The van der Waals surface area contributed by atoms with Crippen LogP contribution in [-0.4, -0.2) is 6.54 Å². The van der Waals surface area contributed by atoms with E-state index in [4.69, 9.17) is 0 Å². The first kappa shape index (κ1) is 10.5. The van der Waals surface area contributed by atoms with Gasteiger partial charge in [0, 0.05) is 12.2 Å². The standard InChI is InChI=1S/C10H21N/c1-5-6-10(4)11-8-7-9(2)3/h6,9,11H,5,7-8H2,1-4H3. The Balaban J connectivity index is 3.31. The van der Waals surface area contributed by atoms with Crippen molar-refractivity contribution in [2.45, 2.75) is 40.5 Å². The maximum atomic E-state index is 3.38. The van der Waals surface area contributed by atoms with E-state index in [0.717, 1.165) is 18.9 Å². The maximum absolute atomic E-state index is 3.38. The first-order valence-corrected chi connectivity index (χ1v) is 4.57. The van der Waals surface area contributed by atoms with Crippen molar-refractivity contribution < 1.29 is 0 Å². The minimum Gasteiger partial charge on any atom is -0.389 e. The Morgan fingerprint density at radius 3 is 2.55 bits per heavy atom. The number of hydrogen-bond acceptors (Lipinski definition) is 1. The van der Waals surface area contributed by atoms with E-state index in [2.05, 4.69) is 39.1 Å². The monoisotopic (exact) mass is 155 g/mol. The van der Waals surface area contributed by atoms with E-state index in [1.54, 1.807) is 0 Å². The summed E-state index contributed by atoms with van der Waals surface area (Å²) in [6.45, 7) is 9.90. The predicted octanol–water partition coefficient (Wildman–Crippen LogP) is 2.94. The zero-order valence-electron chi connectivity index (χ0n) is 8.28. The Kier molecular flexibility index (Phi) is 6.00. The predicted molar refractivity (Wildman–Crippen MR) is 51.5 cm³/mol. The molecule has 0 aliphatic carbocycles. The summed E-state index contributed by atoms with van der Waals surface area (Å²) in [6, 6.07) is 0. The Morgan fingerprint density at radius 2 is 2.09 bits per heavy atom. The third-order valence-corrected chi connectivity index (χ3v) is 1.64. The van der Waals surface area contributed by atoms with Crippen molar-refractivity contribution in [1.82, 2.24) is 5.32 Å². The lowest BCUT2D eigenvalue weighted by molar-refractivity contribution is 0.563. The Labute approximate surface area is 70.9 Å². The summed E-state index contributed by atoms with van der Waals surface area (Å²) < 4.78 is 0. The summed E-state index contributed by atoms with van der Waals surface area (Å²) in [5.74, 6) is 0.803. The van der Waals surface area contributed by atoms with Crippen LogP contribution in [0, 0.1) is 5.92 Å². The van der Waals surface area contributed by atoms with Gasteiger partial charge in [-0.1, -0.05) is 26.8 Å². The maximum Gasteiger partial charge on any atom is 0.0146 e. The highest BCUT2D eigenvalue weighted by Crippen LogP contribution is 1.98. The molecular weight excluding hydrogens is 134 g/mol. The van der Waals surface area contributed by atoms with Crippen LogP contribution < -0.4 is 5.32 Å². The lowest BCUT2D eigenvalue weighted by atomic mass is 10.1. The number of rotatable bonds is 5. The number of allylic oxidation sites excluding steroid dienone is 2. The van der Waals surface area contributed by atoms with Gasteiger partial charge >= 0.3 is 0 Å². The fourth-order valence-corrected chi connectivity index (χ4v) is 0.936. The first-order valence-electron chi connectivity index (χ1n) is 4.57. The summed E-state index contributed by atoms with van der Waals surface area (Å²) in [4.78, 5) is 0. The fraction of sp³-hybridized carbons (Fsp3) is 0.800. The lowest BCUT2D eigenvalue weighted by Crippen LogP contribution is -2.14. The van der Waals surface area contributed by atoms with Crippen molar-refractivity contribution >= 4 is 0 Å². The van der Waals surface area contributed by atoms with Gasteiger partial charge in [0.25, 0.3) is 0 Å². The summed E-state index contributed by atoms with van der Waals surface area (Å²) in [6.07, 6.45) is 4.61. The van der Waals surface area contributed by atoms with Gasteiger partial charge in [0.2, 0.25) is 0 Å². The molecule has 0 fully saturated rings. The second-order valence-corrected chi connectivity index (χ2v) is 3.40. The van der Waals surface area contributed by atoms with Gasteiger partial charge in [0.1, 0.15) is 0 Å². The van der Waals surface area contributed by atoms with E-state index < -0.39 is 0 Å². The molecule has 0 spiro atoms. The van der Waals surface area contributed by atoms with Crippen LogP contribution in [0.25, 0.3) is 0 Å². The van der Waals surface area contributed by atoms with Crippen LogP contribution >= 0.6 is 0 Å². The molecule has 0 aliphatic heterocycles. The molecule has 0 aromatic rings. The third kappa shape index (κ3) is 7.44. The fourth-order valence-electron chi connectivity index (χ4n) is 0.936. The van der Waals surface area contributed by atoms with Gasteiger partial charge in [0.05, 0.1) is 0 Å². The summed E-state index contributed by atoms with van der Waals surface area (Å²) in [5.41, 5.74) is 1.31. The zero-order chi connectivity index (χ0) is 8.69. The second kappa shape index (κ2) is 6.26. The van der Waals surface area contributed by atoms with Crippen LogP contribution in [0.5, 0.6) is 0 Å². The molecule has 0 bridgehead atoms. The summed E-state index contributed by atoms with van der Waals surface area (Å²) in [5, 5.41) is 3.38. The van der Waals surface area contributed by atoms with Crippen molar-refractivity contribution in [3.05, 3.63) is 11.8 Å². The third-order valence-electron chi connectivity index (χ3n) is 1.64. The van der Waals surface area contributed by atoms with Crippen LogP contribution in [0.3, 0.4) is 0 Å². The molecule has 1 heteroatoms. The number of hydrogen-bond donors (Lipinski definition) is 1. The highest BCUT2D eigenvalue weighted by atomic mass is 14.9. The molecule has 0 heterocycles. The topological polar surface area (TPSA) is 12.0 Å². The molecule has 1 nitrogen and oxygen atoms in total. The molecule has 0 rings (SSSR count). The Bertz CT molecular complexity index is 114. The molecule has 0 aromatic carbocycles. The van der Waals surface area contributed by atoms with Gasteiger partial charge in [-0.3, -0.25) is 0 Å². The van der Waals surface area contributed by atoms with E-state index in [9.17, 15) is 0 Å². The molecule has 0 saturated heterocycles. The van der Waals surface area contributed by atoms with E-state index in [-0.39, 0.29) is 0 Å². The van der Waals surface area contributed by atoms with Crippen molar-refractivity contribution in [3.8, 4) is 0 Å². The first-order chi connectivity index (χ1) is 5.16. The molecule has 0 amide bonds. The lowest BCUT2D eigenvalue weighted by Gasteiger charge is -2.07. The van der Waals surface area contributed by atoms with Gasteiger partial charge in [0.15, 0.2) is 0 Å². The zero-order valence-corrected chi connectivity index (χ0v) is 8.28. The number of nitrogens with one attached hydrogen (secondary N) is 1. The normalized spacial score (nSPS) is 12.3. The molecule has 0 aromatic heterocycles. The molecule has 11 heavy (non-hydrogen) atoms.